The van der Waals surface area contributed by atoms with Gasteiger partial charge >= 0.3 is 0 Å². The van der Waals surface area contributed by atoms with E-state index in [-0.39, 0.29) is 11.1 Å². The lowest BCUT2D eigenvalue weighted by Gasteiger charge is -2.41. The van der Waals surface area contributed by atoms with Gasteiger partial charge in [-0.3, -0.25) is 4.79 Å². The van der Waals surface area contributed by atoms with Gasteiger partial charge in [-0.15, -0.1) is 0 Å². The molecule has 4 rings (SSSR count). The van der Waals surface area contributed by atoms with E-state index in [9.17, 15) is 13.6 Å². The first-order valence-corrected chi connectivity index (χ1v) is 10.5. The van der Waals surface area contributed by atoms with Crippen LogP contribution in [-0.2, 0) is 6.42 Å². The van der Waals surface area contributed by atoms with E-state index in [1.165, 1.54) is 25.7 Å². The zero-order chi connectivity index (χ0) is 20.7. The Labute approximate surface area is 169 Å². The predicted molar refractivity (Wildman–Crippen MR) is 107 cm³/mol. The van der Waals surface area contributed by atoms with E-state index in [0.29, 0.717) is 23.8 Å². The minimum atomic E-state index is -1.18. The Morgan fingerprint density at radius 1 is 1.10 bits per heavy atom. The summed E-state index contributed by atoms with van der Waals surface area (Å²) in [4.78, 5) is 11.2. The summed E-state index contributed by atoms with van der Waals surface area (Å²) in [5, 5.41) is 0. The van der Waals surface area contributed by atoms with Crippen LogP contribution in [0.4, 0.5) is 13.2 Å². The third kappa shape index (κ3) is 3.56. The molecule has 3 atom stereocenters. The van der Waals surface area contributed by atoms with Crippen molar-refractivity contribution in [2.24, 2.45) is 17.6 Å². The Hall–Kier alpha value is -2.30. The summed E-state index contributed by atoms with van der Waals surface area (Å²) in [6, 6.07) is 5.51. The van der Waals surface area contributed by atoms with Gasteiger partial charge in [-0.1, -0.05) is 31.9 Å². The van der Waals surface area contributed by atoms with Crippen LogP contribution in [0.25, 0.3) is 11.1 Å². The molecule has 154 valence electrons. The van der Waals surface area contributed by atoms with E-state index in [4.69, 9.17) is 5.73 Å². The van der Waals surface area contributed by atoms with Gasteiger partial charge in [-0.25, -0.2) is 13.2 Å². The van der Waals surface area contributed by atoms with E-state index in [1.807, 2.05) is 6.07 Å². The number of benzene rings is 2. The zero-order valence-corrected chi connectivity index (χ0v) is 16.6. The summed E-state index contributed by atoms with van der Waals surface area (Å²) >= 11 is 0. The van der Waals surface area contributed by atoms with Crippen molar-refractivity contribution in [3.05, 3.63) is 58.4 Å². The van der Waals surface area contributed by atoms with Crippen LogP contribution in [0, 0.1) is 29.3 Å². The summed E-state index contributed by atoms with van der Waals surface area (Å²) in [5.41, 5.74) is 6.22. The van der Waals surface area contributed by atoms with Crippen LogP contribution in [0.15, 0.2) is 24.3 Å². The minimum absolute atomic E-state index is 0.0825. The van der Waals surface area contributed by atoms with E-state index in [1.54, 1.807) is 6.07 Å². The molecule has 0 saturated heterocycles. The summed E-state index contributed by atoms with van der Waals surface area (Å²) in [5.74, 6) is -1.96. The molecule has 5 heteroatoms. The van der Waals surface area contributed by atoms with Crippen molar-refractivity contribution in [1.29, 1.82) is 0 Å². The molecule has 0 heterocycles. The molecular weight excluding hydrogens is 375 g/mol. The van der Waals surface area contributed by atoms with E-state index in [2.05, 4.69) is 6.92 Å². The highest BCUT2D eigenvalue weighted by Crippen LogP contribution is 2.49. The molecule has 0 bridgehead atoms. The molecule has 1 amide bonds. The number of hydrogen-bond acceptors (Lipinski definition) is 1. The van der Waals surface area contributed by atoms with Gasteiger partial charge < -0.3 is 5.73 Å². The Kier molecular flexibility index (Phi) is 5.41. The number of nitrogens with two attached hydrogens (primary N) is 1. The fourth-order valence-electron chi connectivity index (χ4n) is 5.51. The number of carbonyl (C=O) groups excluding carboxylic acids is 1. The highest BCUT2D eigenvalue weighted by molar-refractivity contribution is 5.94. The second-order valence-corrected chi connectivity index (χ2v) is 8.55. The maximum Gasteiger partial charge on any atom is 0.254 e. The first kappa shape index (κ1) is 20.0. The van der Waals surface area contributed by atoms with Crippen LogP contribution in [-0.4, -0.2) is 5.91 Å². The molecular formula is C24H26F3NO. The van der Waals surface area contributed by atoms with Crippen LogP contribution >= 0.6 is 0 Å². The average Bonchev–Trinajstić information content (AvgIpc) is 2.67. The lowest BCUT2D eigenvalue weighted by molar-refractivity contribution is 0.0992. The van der Waals surface area contributed by atoms with Gasteiger partial charge in [0.25, 0.3) is 5.91 Å². The molecule has 2 aliphatic carbocycles. The zero-order valence-electron chi connectivity index (χ0n) is 16.6. The van der Waals surface area contributed by atoms with Gasteiger partial charge in [0.05, 0.1) is 0 Å². The van der Waals surface area contributed by atoms with Crippen LogP contribution in [0.1, 0.15) is 72.9 Å². The van der Waals surface area contributed by atoms with Crippen molar-refractivity contribution >= 4 is 5.91 Å². The van der Waals surface area contributed by atoms with Gasteiger partial charge in [0.1, 0.15) is 23.0 Å². The second-order valence-electron chi connectivity index (χ2n) is 8.55. The topological polar surface area (TPSA) is 43.1 Å². The quantitative estimate of drug-likeness (QED) is 0.659. The van der Waals surface area contributed by atoms with Crippen LogP contribution in [0.5, 0.6) is 0 Å². The Bertz CT molecular complexity index is 932. The van der Waals surface area contributed by atoms with Gasteiger partial charge in [-0.2, -0.15) is 0 Å². The van der Waals surface area contributed by atoms with Gasteiger partial charge in [0, 0.05) is 5.56 Å². The highest BCUT2D eigenvalue weighted by atomic mass is 19.1. The molecule has 3 unspecified atom stereocenters. The first-order chi connectivity index (χ1) is 13.9. The van der Waals surface area contributed by atoms with E-state index in [0.717, 1.165) is 36.5 Å². The number of fused-ring (bicyclic) bond motifs is 3. The van der Waals surface area contributed by atoms with Crippen molar-refractivity contribution in [3.63, 3.8) is 0 Å². The normalized spacial score (nSPS) is 23.4. The molecule has 0 aliphatic heterocycles. The van der Waals surface area contributed by atoms with E-state index >= 15 is 4.39 Å². The average molecular weight is 401 g/mol. The van der Waals surface area contributed by atoms with E-state index < -0.39 is 28.9 Å². The highest BCUT2D eigenvalue weighted by Gasteiger charge is 2.36. The number of carbonyl (C=O) groups is 1. The molecule has 2 N–H and O–H groups in total. The monoisotopic (exact) mass is 401 g/mol. The largest absolute Gasteiger partial charge is 0.365 e. The summed E-state index contributed by atoms with van der Waals surface area (Å²) in [7, 11) is 0. The van der Waals surface area contributed by atoms with Crippen molar-refractivity contribution < 1.29 is 18.0 Å². The lowest BCUT2D eigenvalue weighted by atomic mass is 9.64. The standard InChI is InChI=1S/C24H26F3NO/c1-2-3-13-4-6-16-14(10-13)5-7-19-18(16)9-8-17(23(19)27)15-11-20(25)22(24(28)29)21(26)12-15/h8-9,11-14,16H,2-7,10H2,1H3,(H2,28,29). The maximum atomic E-state index is 15.4. The third-order valence-corrected chi connectivity index (χ3v) is 6.83. The molecule has 2 nitrogen and oxygen atoms in total. The number of rotatable bonds is 4. The number of amides is 1. The molecule has 1 saturated carbocycles. The Balaban J connectivity index is 1.68. The molecule has 2 aliphatic rings. The van der Waals surface area contributed by atoms with Gasteiger partial charge in [-0.05, 0) is 78.7 Å². The Morgan fingerprint density at radius 2 is 1.83 bits per heavy atom. The molecule has 0 spiro atoms. The van der Waals surface area contributed by atoms with Crippen LogP contribution in [0.2, 0.25) is 0 Å². The molecule has 29 heavy (non-hydrogen) atoms. The predicted octanol–water partition coefficient (Wildman–Crippen LogP) is 6.12. The summed E-state index contributed by atoms with van der Waals surface area (Å²) < 4.78 is 43.7. The second kappa shape index (κ2) is 7.85. The van der Waals surface area contributed by atoms with Gasteiger partial charge in [0.15, 0.2) is 0 Å². The fraction of sp³-hybridized carbons (Fsp3) is 0.458. The van der Waals surface area contributed by atoms with Crippen LogP contribution in [0.3, 0.4) is 0 Å². The number of primary amides is 1. The minimum Gasteiger partial charge on any atom is -0.365 e. The number of hydrogen-bond donors (Lipinski definition) is 1. The van der Waals surface area contributed by atoms with Crippen molar-refractivity contribution in [1.82, 2.24) is 0 Å². The van der Waals surface area contributed by atoms with Crippen molar-refractivity contribution in [3.8, 4) is 11.1 Å². The summed E-state index contributed by atoms with van der Waals surface area (Å²) in [6.07, 6.45) is 7.56. The molecule has 2 aromatic carbocycles. The summed E-state index contributed by atoms with van der Waals surface area (Å²) in [6.45, 7) is 2.22. The molecule has 0 aromatic heterocycles. The first-order valence-electron chi connectivity index (χ1n) is 10.5. The Morgan fingerprint density at radius 3 is 2.48 bits per heavy atom. The lowest BCUT2D eigenvalue weighted by Crippen LogP contribution is -2.28. The number of halogens is 3. The van der Waals surface area contributed by atoms with Crippen LogP contribution < -0.4 is 5.73 Å². The van der Waals surface area contributed by atoms with Crippen molar-refractivity contribution in [2.75, 3.05) is 0 Å². The van der Waals surface area contributed by atoms with Crippen molar-refractivity contribution in [2.45, 2.75) is 57.8 Å². The molecule has 0 radical (unpaired) electrons. The maximum absolute atomic E-state index is 15.4. The molecule has 2 aromatic rings. The fourth-order valence-corrected chi connectivity index (χ4v) is 5.51. The molecule has 1 fully saturated rings. The smallest absolute Gasteiger partial charge is 0.254 e. The third-order valence-electron chi connectivity index (χ3n) is 6.83. The SMILES string of the molecule is CCCC1CCC2c3ccc(-c4cc(F)c(C(N)=O)c(F)c4)c(F)c3CCC2C1. The van der Waals surface area contributed by atoms with Gasteiger partial charge in [0.2, 0.25) is 0 Å².